The van der Waals surface area contributed by atoms with Crippen molar-refractivity contribution in [3.05, 3.63) is 409 Å². The molecule has 0 aliphatic carbocycles. The number of hydrogen-bond acceptors (Lipinski definition) is 9. The Kier molecular flexibility index (Phi) is 24.5. The minimum Gasteiger partial charge on any atom is -0.510 e. The predicted octanol–water partition coefficient (Wildman–Crippen LogP) is 20.4. The SMILES string of the molecule is CN1C=CN(c2[c-]cccc2)[CH-]1.CN1[CH-]N(c2[c-]cccc2)c2ccccc21.[Ir+3].[Ir+3].[Ir+3].[c-]1ccccc1-n1c2ccccc2c2cccnc21.[c-]1ccccc1-n1c2ccccc2c2cccnc21.[c-]1ccccc1-n1c2ccccc2c2cccnc21.[c-]1ccccc1N1C=CN(c2ccccc2)[CH-]1. The van der Waals surface area contributed by atoms with Crippen molar-refractivity contribution in [2.75, 3.05) is 38.6 Å². The van der Waals surface area contributed by atoms with Crippen LogP contribution in [-0.4, -0.2) is 47.6 Å². The number of benzene rings is 11. The number of nitrogens with zero attached hydrogens (tertiary/aromatic N) is 12. The molecule has 20 rings (SSSR count). The molecular formula is C90H67Ir3N12. The molecule has 0 N–H and O–H groups in total. The minimum atomic E-state index is 0. The van der Waals surface area contributed by atoms with Crippen LogP contribution in [0.2, 0.25) is 0 Å². The van der Waals surface area contributed by atoms with Crippen LogP contribution in [0.1, 0.15) is 0 Å². The normalized spacial score (nSPS) is 12.3. The van der Waals surface area contributed by atoms with Crippen LogP contribution in [0.4, 0.5) is 34.1 Å². The van der Waals surface area contributed by atoms with Crippen LogP contribution >= 0.6 is 0 Å². The Labute approximate surface area is 653 Å². The van der Waals surface area contributed by atoms with E-state index in [0.717, 1.165) is 56.8 Å². The zero-order chi connectivity index (χ0) is 68.8. The van der Waals surface area contributed by atoms with Crippen molar-refractivity contribution in [1.82, 2.24) is 33.6 Å². The fourth-order valence-electron chi connectivity index (χ4n) is 12.6. The maximum Gasteiger partial charge on any atom is 3.00 e. The molecule has 6 aromatic heterocycles. The molecule has 11 aromatic carbocycles. The van der Waals surface area contributed by atoms with Gasteiger partial charge in [0.2, 0.25) is 0 Å². The number of pyridine rings is 3. The van der Waals surface area contributed by atoms with Crippen LogP contribution in [0.3, 0.4) is 0 Å². The van der Waals surface area contributed by atoms with Crippen molar-refractivity contribution in [3.8, 4) is 17.1 Å². The number of aromatic nitrogens is 6. The van der Waals surface area contributed by atoms with Gasteiger partial charge in [0.25, 0.3) is 0 Å². The second kappa shape index (κ2) is 35.1. The van der Waals surface area contributed by atoms with Gasteiger partial charge in [0.15, 0.2) is 0 Å². The topological polar surface area (TPSA) is 72.9 Å². The molecule has 0 unspecified atom stereocenters. The summed E-state index contributed by atoms with van der Waals surface area (Å²) >= 11 is 0. The van der Waals surface area contributed by atoms with E-state index in [-0.39, 0.29) is 60.3 Å². The molecule has 105 heavy (non-hydrogen) atoms. The maximum absolute atomic E-state index is 4.54. The molecule has 0 fully saturated rings. The van der Waals surface area contributed by atoms with Crippen molar-refractivity contribution in [2.45, 2.75) is 0 Å². The Balaban J connectivity index is 0.000000118. The van der Waals surface area contributed by atoms with Crippen LogP contribution in [0.5, 0.6) is 0 Å². The van der Waals surface area contributed by atoms with Gasteiger partial charge in [-0.15, -0.1) is 41.9 Å². The molecule has 0 saturated carbocycles. The van der Waals surface area contributed by atoms with Gasteiger partial charge in [0, 0.05) is 68.0 Å². The third-order valence-electron chi connectivity index (χ3n) is 17.3. The van der Waals surface area contributed by atoms with Crippen molar-refractivity contribution in [1.29, 1.82) is 0 Å². The van der Waals surface area contributed by atoms with Gasteiger partial charge in [-0.25, -0.2) is 15.0 Å². The second-order valence-corrected chi connectivity index (χ2v) is 23.8. The number of rotatable bonds is 7. The zero-order valence-corrected chi connectivity index (χ0v) is 64.3. The molecule has 3 aliphatic rings. The van der Waals surface area contributed by atoms with Crippen molar-refractivity contribution in [3.63, 3.8) is 0 Å². The molecular weight excluding hydrogens is 1830 g/mol. The Morgan fingerprint density at radius 1 is 0.267 bits per heavy atom. The summed E-state index contributed by atoms with van der Waals surface area (Å²) < 4.78 is 6.47. The van der Waals surface area contributed by atoms with Gasteiger partial charge in [0.05, 0.1) is 16.6 Å². The number of anilines is 6. The van der Waals surface area contributed by atoms with E-state index in [1.54, 1.807) is 0 Å². The molecule has 0 saturated heterocycles. The summed E-state index contributed by atoms with van der Waals surface area (Å²) in [5, 5.41) is 7.20. The van der Waals surface area contributed by atoms with Gasteiger partial charge < -0.3 is 43.1 Å². The number of hydrogen-bond donors (Lipinski definition) is 0. The Bertz CT molecular complexity index is 5090. The minimum absolute atomic E-state index is 0. The second-order valence-electron chi connectivity index (χ2n) is 23.8. The maximum atomic E-state index is 4.54. The van der Waals surface area contributed by atoms with E-state index in [4.69, 9.17) is 0 Å². The van der Waals surface area contributed by atoms with Crippen molar-refractivity contribution < 1.29 is 60.3 Å². The van der Waals surface area contributed by atoms with Crippen molar-refractivity contribution in [2.24, 2.45) is 0 Å². The van der Waals surface area contributed by atoms with E-state index in [1.807, 2.05) is 236 Å². The van der Waals surface area contributed by atoms with E-state index in [1.165, 1.54) is 60.2 Å². The van der Waals surface area contributed by atoms with Gasteiger partial charge in [-0.3, -0.25) is 0 Å². The van der Waals surface area contributed by atoms with Crippen LogP contribution in [0.15, 0.2) is 353 Å². The third kappa shape index (κ3) is 16.3. The monoisotopic (exact) mass is 1890 g/mol. The molecule has 17 aromatic rings. The standard InChI is InChI=1S/3C17H11N2.C15H12N2.C14H12N2.C10H10N2.3Ir/c3*1-2-7-13(8-3-1)19-16-11-5-4-9-14(16)15-10-6-12-18-17(15)19;1-3-7-14(8-4-1)16-11-12-17(13-16)15-9-5-2-6-10-15;1-15-11-16(12-7-3-2-4-8-12)14-10-6-5-9-13(14)15;1-11-7-8-12(9-11)10-5-3-2-4-6-10;;;/h3*1-7,9-12H;1-9,11-13H;2-7,9-11H,1H3;2-5,7-9H,1H3;;;/q3*-1;3*-2;3*+3. The first kappa shape index (κ1) is 73.3. The van der Waals surface area contributed by atoms with Crippen molar-refractivity contribution >= 4 is 99.9 Å². The van der Waals surface area contributed by atoms with E-state index in [0.29, 0.717) is 0 Å². The summed E-state index contributed by atoms with van der Waals surface area (Å²) in [6.07, 6.45) is 13.6. The van der Waals surface area contributed by atoms with Crippen LogP contribution in [0.25, 0.3) is 82.9 Å². The number of fused-ring (bicyclic) bond motifs is 10. The fraction of sp³-hybridized carbons (Fsp3) is 0.0222. The molecule has 0 spiro atoms. The number of para-hydroxylation sites is 12. The Morgan fingerprint density at radius 3 is 0.981 bits per heavy atom. The summed E-state index contributed by atoms with van der Waals surface area (Å²) in [6.45, 7) is 6.13. The Hall–Kier alpha value is -11.5. The summed E-state index contributed by atoms with van der Waals surface area (Å²) in [5.74, 6) is 0. The summed E-state index contributed by atoms with van der Waals surface area (Å²) in [4.78, 5) is 26.0. The predicted molar refractivity (Wildman–Crippen MR) is 418 cm³/mol. The van der Waals surface area contributed by atoms with Gasteiger partial charge in [-0.2, -0.15) is 177 Å². The van der Waals surface area contributed by atoms with E-state index in [9.17, 15) is 0 Å². The fourth-order valence-corrected chi connectivity index (χ4v) is 12.6. The first-order valence-electron chi connectivity index (χ1n) is 33.5. The van der Waals surface area contributed by atoms with E-state index in [2.05, 4.69) is 245 Å². The van der Waals surface area contributed by atoms with Gasteiger partial charge in [-0.1, -0.05) is 102 Å². The summed E-state index contributed by atoms with van der Waals surface area (Å²) in [5.41, 5.74) is 16.3. The third-order valence-corrected chi connectivity index (χ3v) is 17.3. The molecule has 9 heterocycles. The average molecular weight is 1890 g/mol. The first-order chi connectivity index (χ1) is 50.5. The van der Waals surface area contributed by atoms with Crippen LogP contribution in [0, 0.1) is 56.4 Å². The van der Waals surface area contributed by atoms with Crippen LogP contribution < -0.4 is 24.5 Å². The zero-order valence-electron chi connectivity index (χ0n) is 57.1. The average Bonchev–Trinajstić information content (AvgIpc) is 1.62. The molecule has 15 heteroatoms. The molecule has 0 bridgehead atoms. The molecule has 12 nitrogen and oxygen atoms in total. The van der Waals surface area contributed by atoms with Gasteiger partial charge >= 0.3 is 60.3 Å². The van der Waals surface area contributed by atoms with Crippen LogP contribution in [-0.2, 0) is 60.3 Å². The smallest absolute Gasteiger partial charge is 0.510 e. The summed E-state index contributed by atoms with van der Waals surface area (Å²) in [7, 11) is 4.06. The van der Waals surface area contributed by atoms with Gasteiger partial charge in [-0.05, 0) is 118 Å². The van der Waals surface area contributed by atoms with E-state index >= 15 is 0 Å². The quantitative estimate of drug-likeness (QED) is 0.145. The largest absolute Gasteiger partial charge is 3.00 e. The molecule has 0 amide bonds. The van der Waals surface area contributed by atoms with Gasteiger partial charge in [0.1, 0.15) is 16.9 Å². The Morgan fingerprint density at radius 2 is 0.590 bits per heavy atom. The summed E-state index contributed by atoms with van der Waals surface area (Å²) in [6, 6.07) is 123. The first-order valence-corrected chi connectivity index (χ1v) is 33.5. The molecule has 514 valence electrons. The molecule has 0 radical (unpaired) electrons. The molecule has 3 aliphatic heterocycles. The molecule has 0 atom stereocenters. The van der Waals surface area contributed by atoms with E-state index < -0.39 is 0 Å².